The van der Waals surface area contributed by atoms with Gasteiger partial charge in [-0.15, -0.1) is 0 Å². The minimum Gasteiger partial charge on any atom is -0.450 e. The van der Waals surface area contributed by atoms with Gasteiger partial charge in [-0.05, 0) is 66.7 Å². The van der Waals surface area contributed by atoms with E-state index in [1.54, 1.807) is 6.33 Å². The Kier molecular flexibility index (Phi) is 5.41. The molecule has 0 aliphatic rings. The molecule has 52 heavy (non-hydrogen) atoms. The Balaban J connectivity index is 1.08. The molecule has 242 valence electrons. The minimum atomic E-state index is 0.666. The van der Waals surface area contributed by atoms with Crippen LogP contribution in [0.15, 0.2) is 168 Å². The topological polar surface area (TPSA) is 53.7 Å². The summed E-state index contributed by atoms with van der Waals surface area (Å²) >= 11 is 0. The number of aromatic nitrogens is 5. The van der Waals surface area contributed by atoms with Crippen molar-refractivity contribution in [3.05, 3.63) is 164 Å². The summed E-state index contributed by atoms with van der Waals surface area (Å²) < 4.78 is 13.6. The predicted octanol–water partition coefficient (Wildman–Crippen LogP) is 11.7. The highest BCUT2D eigenvalue weighted by atomic mass is 16.3. The normalized spacial score (nSPS) is 12.2. The SMILES string of the molecule is c1ccc2c(c1)c1ccccc1n2-c1ccc2c(c1)c1ccccc1n2-c1ccc2oc3c(-n4c5ccccc5c5ccccc54)ncnc3c2c1. The van der Waals surface area contributed by atoms with Crippen LogP contribution < -0.4 is 0 Å². The smallest absolute Gasteiger partial charge is 0.197 e. The number of benzene rings is 7. The Labute approximate surface area is 296 Å². The maximum Gasteiger partial charge on any atom is 0.197 e. The summed E-state index contributed by atoms with van der Waals surface area (Å²) in [5.74, 6) is 0.731. The molecule has 0 amide bonds. The Morgan fingerprint density at radius 3 is 1.33 bits per heavy atom. The lowest BCUT2D eigenvalue weighted by atomic mass is 10.1. The Morgan fingerprint density at radius 1 is 0.365 bits per heavy atom. The molecule has 0 unspecified atom stereocenters. The maximum atomic E-state index is 6.62. The van der Waals surface area contributed by atoms with E-state index < -0.39 is 0 Å². The molecule has 5 heterocycles. The summed E-state index contributed by atoms with van der Waals surface area (Å²) in [5, 5.41) is 8.21. The fourth-order valence-electron chi connectivity index (χ4n) is 8.58. The van der Waals surface area contributed by atoms with Gasteiger partial charge in [0, 0.05) is 49.1 Å². The predicted molar refractivity (Wildman–Crippen MR) is 212 cm³/mol. The first-order valence-corrected chi connectivity index (χ1v) is 17.5. The van der Waals surface area contributed by atoms with Gasteiger partial charge in [-0.3, -0.25) is 4.57 Å². The fourth-order valence-corrected chi connectivity index (χ4v) is 8.58. The number of hydrogen-bond acceptors (Lipinski definition) is 3. The third kappa shape index (κ3) is 3.62. The lowest BCUT2D eigenvalue weighted by Crippen LogP contribution is -1.98. The van der Waals surface area contributed by atoms with Gasteiger partial charge >= 0.3 is 0 Å². The molecule has 0 fully saturated rings. The molecule has 0 radical (unpaired) electrons. The number of para-hydroxylation sites is 5. The number of fused-ring (bicyclic) bond motifs is 12. The van der Waals surface area contributed by atoms with E-state index in [1.807, 2.05) is 0 Å². The van der Waals surface area contributed by atoms with E-state index in [0.717, 1.165) is 55.7 Å². The number of nitrogens with zero attached hydrogens (tertiary/aromatic N) is 5. The lowest BCUT2D eigenvalue weighted by molar-refractivity contribution is 0.662. The second kappa shape index (κ2) is 10.2. The Hall–Kier alpha value is -7.18. The highest BCUT2D eigenvalue weighted by Crippen LogP contribution is 2.40. The fraction of sp³-hybridized carbons (Fsp3) is 0. The molecule has 0 aliphatic heterocycles. The first-order chi connectivity index (χ1) is 25.8. The Bertz CT molecular complexity index is 3320. The first kappa shape index (κ1) is 27.6. The molecular weight excluding hydrogens is 639 g/mol. The zero-order valence-electron chi connectivity index (χ0n) is 27.7. The van der Waals surface area contributed by atoms with Gasteiger partial charge in [0.25, 0.3) is 0 Å². The number of furan rings is 1. The van der Waals surface area contributed by atoms with Crippen LogP contribution in [0.25, 0.3) is 105 Å². The van der Waals surface area contributed by atoms with Crippen LogP contribution in [-0.4, -0.2) is 23.7 Å². The van der Waals surface area contributed by atoms with E-state index >= 15 is 0 Å². The van der Waals surface area contributed by atoms with Gasteiger partial charge in [0.15, 0.2) is 11.4 Å². The van der Waals surface area contributed by atoms with Gasteiger partial charge in [-0.1, -0.05) is 91.0 Å². The molecule has 0 bridgehead atoms. The van der Waals surface area contributed by atoms with Crippen LogP contribution in [0.2, 0.25) is 0 Å². The summed E-state index contributed by atoms with van der Waals surface area (Å²) in [7, 11) is 0. The van der Waals surface area contributed by atoms with Crippen molar-refractivity contribution in [2.24, 2.45) is 0 Å². The van der Waals surface area contributed by atoms with Crippen LogP contribution in [-0.2, 0) is 0 Å². The van der Waals surface area contributed by atoms with Crippen molar-refractivity contribution in [3.63, 3.8) is 0 Å². The molecule has 0 saturated heterocycles. The van der Waals surface area contributed by atoms with E-state index in [4.69, 9.17) is 14.4 Å². The lowest BCUT2D eigenvalue weighted by Gasteiger charge is -2.10. The molecule has 0 aliphatic carbocycles. The van der Waals surface area contributed by atoms with Crippen molar-refractivity contribution in [2.75, 3.05) is 0 Å². The molecule has 0 saturated carbocycles. The van der Waals surface area contributed by atoms with Crippen LogP contribution in [0.1, 0.15) is 0 Å². The first-order valence-electron chi connectivity index (χ1n) is 17.5. The zero-order valence-corrected chi connectivity index (χ0v) is 27.7. The molecular formula is C46H27N5O. The highest BCUT2D eigenvalue weighted by molar-refractivity contribution is 6.14. The van der Waals surface area contributed by atoms with Crippen LogP contribution in [0.5, 0.6) is 0 Å². The summed E-state index contributed by atoms with van der Waals surface area (Å²) in [5.41, 5.74) is 11.3. The van der Waals surface area contributed by atoms with Gasteiger partial charge in [-0.25, -0.2) is 9.97 Å². The summed E-state index contributed by atoms with van der Waals surface area (Å²) in [4.78, 5) is 9.62. The average Bonchev–Trinajstić information content (AvgIpc) is 3.94. The van der Waals surface area contributed by atoms with Crippen molar-refractivity contribution in [2.45, 2.75) is 0 Å². The Morgan fingerprint density at radius 2 is 0.788 bits per heavy atom. The van der Waals surface area contributed by atoms with Crippen LogP contribution >= 0.6 is 0 Å². The molecule has 0 atom stereocenters. The minimum absolute atomic E-state index is 0.666. The van der Waals surface area contributed by atoms with Crippen molar-refractivity contribution in [3.8, 4) is 17.2 Å². The third-order valence-corrected chi connectivity index (χ3v) is 10.8. The van der Waals surface area contributed by atoms with E-state index in [-0.39, 0.29) is 0 Å². The summed E-state index contributed by atoms with van der Waals surface area (Å²) in [6.45, 7) is 0. The quantitative estimate of drug-likeness (QED) is 0.189. The second-order valence-corrected chi connectivity index (χ2v) is 13.5. The molecule has 0 N–H and O–H groups in total. The highest BCUT2D eigenvalue weighted by Gasteiger charge is 2.21. The van der Waals surface area contributed by atoms with Gasteiger partial charge in [0.05, 0.1) is 33.1 Å². The number of hydrogen-bond donors (Lipinski definition) is 0. The van der Waals surface area contributed by atoms with Crippen LogP contribution in [0.4, 0.5) is 0 Å². The average molecular weight is 666 g/mol. The largest absolute Gasteiger partial charge is 0.450 e. The summed E-state index contributed by atoms with van der Waals surface area (Å²) in [6.07, 6.45) is 1.65. The molecule has 0 spiro atoms. The second-order valence-electron chi connectivity index (χ2n) is 13.5. The maximum absolute atomic E-state index is 6.62. The van der Waals surface area contributed by atoms with E-state index in [1.165, 1.54) is 43.4 Å². The molecule has 7 aromatic carbocycles. The van der Waals surface area contributed by atoms with Gasteiger partial charge < -0.3 is 13.6 Å². The third-order valence-electron chi connectivity index (χ3n) is 10.8. The van der Waals surface area contributed by atoms with E-state index in [0.29, 0.717) is 5.58 Å². The van der Waals surface area contributed by atoms with E-state index in [9.17, 15) is 0 Å². The zero-order chi connectivity index (χ0) is 33.9. The molecule has 6 nitrogen and oxygen atoms in total. The molecule has 6 heteroatoms. The van der Waals surface area contributed by atoms with E-state index in [2.05, 4.69) is 171 Å². The van der Waals surface area contributed by atoms with Crippen molar-refractivity contribution in [1.29, 1.82) is 0 Å². The van der Waals surface area contributed by atoms with Crippen molar-refractivity contribution < 1.29 is 4.42 Å². The molecule has 5 aromatic heterocycles. The summed E-state index contributed by atoms with van der Waals surface area (Å²) in [6, 6.07) is 56.1. The van der Waals surface area contributed by atoms with Gasteiger partial charge in [0.2, 0.25) is 0 Å². The van der Waals surface area contributed by atoms with Gasteiger partial charge in [0.1, 0.15) is 17.4 Å². The van der Waals surface area contributed by atoms with Crippen molar-refractivity contribution in [1.82, 2.24) is 23.7 Å². The standard InChI is InChI=1S/C46H27N5O/c1-6-16-37-30(11-1)31-12-2-7-17-38(31)49(37)28-21-23-42-35(25-28)34-15-5-8-18-39(34)50(42)29-22-24-43-36(26-29)44-45(52-43)46(48-27-47-44)51-40-19-9-3-13-32(40)33-14-4-10-20-41(33)51/h1-27H. The molecule has 12 aromatic rings. The van der Waals surface area contributed by atoms with Crippen LogP contribution in [0.3, 0.4) is 0 Å². The number of rotatable bonds is 3. The van der Waals surface area contributed by atoms with Crippen LogP contribution in [0, 0.1) is 0 Å². The molecule has 12 rings (SSSR count). The van der Waals surface area contributed by atoms with Gasteiger partial charge in [-0.2, -0.15) is 0 Å². The monoisotopic (exact) mass is 665 g/mol. The van der Waals surface area contributed by atoms with Crippen molar-refractivity contribution >= 4 is 87.5 Å².